The van der Waals surface area contributed by atoms with Crippen LogP contribution in [0.15, 0.2) is 122 Å². The van der Waals surface area contributed by atoms with Crippen molar-refractivity contribution in [1.82, 2.24) is 19.1 Å². The molecule has 0 bridgehead atoms. The molecule has 0 N–H and O–H groups in total. The summed E-state index contributed by atoms with van der Waals surface area (Å²) in [5.74, 6) is 0.899. The number of fused-ring (bicyclic) bond motifs is 4. The van der Waals surface area contributed by atoms with Gasteiger partial charge in [-0.3, -0.25) is 4.98 Å². The summed E-state index contributed by atoms with van der Waals surface area (Å²) < 4.78 is 4.53. The Morgan fingerprint density at radius 2 is 1.41 bits per heavy atom. The average molecular weight is 437 g/mol. The second kappa shape index (κ2) is 7.42. The summed E-state index contributed by atoms with van der Waals surface area (Å²) in [7, 11) is 0. The van der Waals surface area contributed by atoms with Crippen molar-refractivity contribution in [2.45, 2.75) is 0 Å². The molecule has 160 valence electrons. The van der Waals surface area contributed by atoms with Crippen molar-refractivity contribution >= 4 is 32.7 Å². The molecule has 0 atom stereocenters. The van der Waals surface area contributed by atoms with E-state index in [1.165, 1.54) is 32.9 Å². The van der Waals surface area contributed by atoms with Crippen molar-refractivity contribution < 1.29 is 0 Å². The van der Waals surface area contributed by atoms with Gasteiger partial charge in [-0.25, -0.2) is 4.98 Å². The molecule has 4 heteroatoms. The maximum atomic E-state index is 4.96. The summed E-state index contributed by atoms with van der Waals surface area (Å²) in [6, 6.07) is 36.1. The lowest BCUT2D eigenvalue weighted by Gasteiger charge is -2.09. The number of aromatic nitrogens is 4. The Labute approximate surface area is 196 Å². The first-order valence-corrected chi connectivity index (χ1v) is 11.3. The van der Waals surface area contributed by atoms with E-state index in [9.17, 15) is 0 Å². The number of para-hydroxylation sites is 2. The molecule has 0 aliphatic rings. The van der Waals surface area contributed by atoms with Crippen LogP contribution in [0.2, 0.25) is 0 Å². The lowest BCUT2D eigenvalue weighted by atomic mass is 10.1. The molecule has 0 unspecified atom stereocenters. The molecule has 0 saturated heterocycles. The Morgan fingerprint density at radius 1 is 0.588 bits per heavy atom. The minimum atomic E-state index is 0.899. The molecule has 0 radical (unpaired) electrons. The van der Waals surface area contributed by atoms with Gasteiger partial charge in [0.05, 0.1) is 22.2 Å². The predicted octanol–water partition coefficient (Wildman–Crippen LogP) is 7.18. The smallest absolute Gasteiger partial charge is 0.137 e. The highest BCUT2D eigenvalue weighted by atomic mass is 15.1. The molecule has 0 spiro atoms. The molecule has 7 rings (SSSR count). The third kappa shape index (κ3) is 2.86. The molecule has 34 heavy (non-hydrogen) atoms. The van der Waals surface area contributed by atoms with Gasteiger partial charge < -0.3 is 9.13 Å². The van der Waals surface area contributed by atoms with Gasteiger partial charge in [-0.2, -0.15) is 0 Å². The fraction of sp³-hybridized carbons (Fsp3) is 0. The number of benzene rings is 3. The largest absolute Gasteiger partial charge is 0.309 e. The molecule has 4 aromatic heterocycles. The molecular weight excluding hydrogens is 416 g/mol. The van der Waals surface area contributed by atoms with E-state index in [-0.39, 0.29) is 0 Å². The molecule has 0 aliphatic carbocycles. The van der Waals surface area contributed by atoms with Gasteiger partial charge in [0, 0.05) is 46.0 Å². The molecule has 0 amide bonds. The van der Waals surface area contributed by atoms with Crippen molar-refractivity contribution in [3.8, 4) is 22.8 Å². The van der Waals surface area contributed by atoms with E-state index in [2.05, 4.69) is 105 Å². The summed E-state index contributed by atoms with van der Waals surface area (Å²) in [4.78, 5) is 9.09. The van der Waals surface area contributed by atoms with Crippen LogP contribution in [-0.4, -0.2) is 19.1 Å². The Bertz CT molecular complexity index is 1790. The van der Waals surface area contributed by atoms with Gasteiger partial charge in [-0.15, -0.1) is 0 Å². The third-order valence-electron chi connectivity index (χ3n) is 6.46. The highest BCUT2D eigenvalue weighted by molar-refractivity contribution is 6.13. The lowest BCUT2D eigenvalue weighted by Crippen LogP contribution is -1.97. The second-order valence-corrected chi connectivity index (χ2v) is 8.42. The fourth-order valence-corrected chi connectivity index (χ4v) is 4.89. The molecule has 4 heterocycles. The monoisotopic (exact) mass is 436 g/mol. The molecule has 3 aromatic carbocycles. The van der Waals surface area contributed by atoms with Crippen molar-refractivity contribution in [1.29, 1.82) is 0 Å². The predicted molar refractivity (Wildman–Crippen MR) is 139 cm³/mol. The number of hydrogen-bond acceptors (Lipinski definition) is 2. The minimum Gasteiger partial charge on any atom is -0.309 e. The summed E-state index contributed by atoms with van der Waals surface area (Å²) in [6.45, 7) is 0. The minimum absolute atomic E-state index is 0.899. The summed E-state index contributed by atoms with van der Waals surface area (Å²) in [6.07, 6.45) is 5.71. The highest BCUT2D eigenvalue weighted by Crippen LogP contribution is 2.35. The summed E-state index contributed by atoms with van der Waals surface area (Å²) in [5.41, 5.74) is 6.71. The number of hydrogen-bond donors (Lipinski definition) is 0. The van der Waals surface area contributed by atoms with Gasteiger partial charge in [0.1, 0.15) is 5.82 Å². The van der Waals surface area contributed by atoms with Crippen LogP contribution in [-0.2, 0) is 0 Å². The number of pyridine rings is 2. The highest BCUT2D eigenvalue weighted by Gasteiger charge is 2.15. The van der Waals surface area contributed by atoms with Crippen LogP contribution in [0, 0.1) is 0 Å². The van der Waals surface area contributed by atoms with Crippen molar-refractivity contribution in [3.05, 3.63) is 122 Å². The van der Waals surface area contributed by atoms with E-state index in [4.69, 9.17) is 4.98 Å². The Balaban J connectivity index is 1.48. The van der Waals surface area contributed by atoms with Gasteiger partial charge in [0.15, 0.2) is 0 Å². The Kier molecular flexibility index (Phi) is 4.11. The van der Waals surface area contributed by atoms with Crippen LogP contribution >= 0.6 is 0 Å². The molecular formula is C30H20N4. The first-order chi connectivity index (χ1) is 16.9. The third-order valence-corrected chi connectivity index (χ3v) is 6.46. The van der Waals surface area contributed by atoms with Crippen molar-refractivity contribution in [3.63, 3.8) is 0 Å². The quantitative estimate of drug-likeness (QED) is 0.294. The van der Waals surface area contributed by atoms with Gasteiger partial charge in [-0.1, -0.05) is 42.5 Å². The molecule has 0 saturated carbocycles. The molecule has 0 aliphatic heterocycles. The van der Waals surface area contributed by atoms with Gasteiger partial charge >= 0.3 is 0 Å². The van der Waals surface area contributed by atoms with E-state index in [1.807, 2.05) is 18.2 Å². The van der Waals surface area contributed by atoms with E-state index < -0.39 is 0 Å². The fourth-order valence-electron chi connectivity index (χ4n) is 4.89. The van der Waals surface area contributed by atoms with Crippen LogP contribution < -0.4 is 0 Å². The first-order valence-electron chi connectivity index (χ1n) is 11.3. The van der Waals surface area contributed by atoms with E-state index in [0.29, 0.717) is 0 Å². The topological polar surface area (TPSA) is 35.6 Å². The van der Waals surface area contributed by atoms with Crippen molar-refractivity contribution in [2.75, 3.05) is 0 Å². The van der Waals surface area contributed by atoms with Crippen LogP contribution in [0.25, 0.3) is 55.5 Å². The Morgan fingerprint density at radius 3 is 2.29 bits per heavy atom. The zero-order chi connectivity index (χ0) is 22.5. The zero-order valence-electron chi connectivity index (χ0n) is 18.3. The van der Waals surface area contributed by atoms with E-state index in [1.54, 1.807) is 12.4 Å². The van der Waals surface area contributed by atoms with Crippen LogP contribution in [0.3, 0.4) is 0 Å². The maximum Gasteiger partial charge on any atom is 0.137 e. The van der Waals surface area contributed by atoms with Crippen molar-refractivity contribution in [2.24, 2.45) is 0 Å². The maximum absolute atomic E-state index is 4.96. The second-order valence-electron chi connectivity index (χ2n) is 8.42. The summed E-state index contributed by atoms with van der Waals surface area (Å²) in [5, 5.41) is 3.66. The molecule has 7 aromatic rings. The lowest BCUT2D eigenvalue weighted by molar-refractivity contribution is 1.05. The summed E-state index contributed by atoms with van der Waals surface area (Å²) >= 11 is 0. The van der Waals surface area contributed by atoms with E-state index >= 15 is 0 Å². The normalized spacial score (nSPS) is 11.5. The Hall–Kier alpha value is -4.70. The van der Waals surface area contributed by atoms with Crippen LogP contribution in [0.1, 0.15) is 0 Å². The standard InChI is InChI=1S/C30H20N4/c1-2-7-23(8-3-1)34-27-11-5-4-9-24(27)25-20-28-22(19-29(25)34)15-18-33(28)30-12-6-10-26(32-30)21-13-16-31-17-14-21/h1-20H. The first kappa shape index (κ1) is 18.8. The van der Waals surface area contributed by atoms with E-state index in [0.717, 1.165) is 22.6 Å². The SMILES string of the molecule is c1ccc(-n2c3ccccc3c3cc4c(ccn4-c4cccc(-c5ccncc5)n4)cc32)cc1. The van der Waals surface area contributed by atoms with Gasteiger partial charge in [0.2, 0.25) is 0 Å². The molecule has 0 fully saturated rings. The average Bonchev–Trinajstić information content (AvgIpc) is 3.47. The molecule has 4 nitrogen and oxygen atoms in total. The van der Waals surface area contributed by atoms with Gasteiger partial charge in [-0.05, 0) is 60.7 Å². The van der Waals surface area contributed by atoms with Crippen LogP contribution in [0.5, 0.6) is 0 Å². The number of nitrogens with zero attached hydrogens (tertiary/aromatic N) is 4. The zero-order valence-corrected chi connectivity index (χ0v) is 18.3. The van der Waals surface area contributed by atoms with Crippen LogP contribution in [0.4, 0.5) is 0 Å². The van der Waals surface area contributed by atoms with Gasteiger partial charge in [0.25, 0.3) is 0 Å². The number of rotatable bonds is 3.